The Morgan fingerprint density at radius 3 is 2.95 bits per heavy atom. The van der Waals surface area contributed by atoms with Crippen molar-refractivity contribution in [2.24, 2.45) is 5.11 Å². The Balaban J connectivity index is 2.20. The van der Waals surface area contributed by atoms with Crippen molar-refractivity contribution in [3.05, 3.63) is 39.2 Å². The molecule has 22 heavy (non-hydrogen) atoms. The summed E-state index contributed by atoms with van der Waals surface area (Å²) in [6.07, 6.45) is 0.0470. The van der Waals surface area contributed by atoms with Gasteiger partial charge in [-0.05, 0) is 43.1 Å². The molecule has 1 aromatic rings. The minimum Gasteiger partial charge on any atom is -0.464 e. The van der Waals surface area contributed by atoms with E-state index in [-0.39, 0.29) is 12.6 Å². The van der Waals surface area contributed by atoms with Gasteiger partial charge in [-0.15, -0.1) is 0 Å². The molecule has 1 aromatic carbocycles. The zero-order valence-corrected chi connectivity index (χ0v) is 13.7. The highest BCUT2D eigenvalue weighted by Crippen LogP contribution is 2.24. The highest BCUT2D eigenvalue weighted by molar-refractivity contribution is 9.10. The number of nitrogens with one attached hydrogen (secondary N) is 1. The third-order valence-corrected chi connectivity index (χ3v) is 3.87. The van der Waals surface area contributed by atoms with Crippen LogP contribution in [0.4, 0.5) is 5.69 Å². The normalized spacial score (nSPS) is 21.7. The molecule has 0 aromatic heterocycles. The molecule has 118 valence electrons. The predicted octanol–water partition coefficient (Wildman–Crippen LogP) is 3.26. The van der Waals surface area contributed by atoms with Crippen LogP contribution in [0.1, 0.15) is 13.3 Å². The molecule has 1 N–H and O–H groups in total. The molecule has 0 aliphatic carbocycles. The lowest BCUT2D eigenvalue weighted by Gasteiger charge is -2.26. The molecule has 1 saturated heterocycles. The molecule has 1 aliphatic rings. The lowest BCUT2D eigenvalue weighted by atomic mass is 10.0. The van der Waals surface area contributed by atoms with Crippen molar-refractivity contribution in [1.82, 2.24) is 0 Å². The van der Waals surface area contributed by atoms with Gasteiger partial charge in [-0.3, -0.25) is 0 Å². The third kappa shape index (κ3) is 4.13. The number of carbonyl (C=O) groups is 1. The van der Waals surface area contributed by atoms with Gasteiger partial charge in [0.15, 0.2) is 6.04 Å². The fourth-order valence-electron chi connectivity index (χ4n) is 2.34. The molecule has 1 heterocycles. The zero-order valence-electron chi connectivity index (χ0n) is 12.1. The van der Waals surface area contributed by atoms with Gasteiger partial charge in [0.05, 0.1) is 18.8 Å². The molecule has 1 fully saturated rings. The Morgan fingerprint density at radius 2 is 2.32 bits per heavy atom. The smallest absolute Gasteiger partial charge is 0.331 e. The van der Waals surface area contributed by atoms with Gasteiger partial charge in [-0.25, -0.2) is 4.79 Å². The monoisotopic (exact) mass is 368 g/mol. The fraction of sp³-hybridized carbons (Fsp3) is 0.500. The Hall–Kier alpha value is -1.76. The molecule has 0 saturated carbocycles. The molecule has 3 atom stereocenters. The number of halogens is 1. The summed E-state index contributed by atoms with van der Waals surface area (Å²) in [6.45, 7) is 2.47. The Morgan fingerprint density at radius 1 is 1.59 bits per heavy atom. The minimum atomic E-state index is -0.723. The maximum absolute atomic E-state index is 12.2. The van der Waals surface area contributed by atoms with Gasteiger partial charge in [-0.1, -0.05) is 21.0 Å². The molecule has 7 nitrogen and oxygen atoms in total. The van der Waals surface area contributed by atoms with Crippen LogP contribution in [0.3, 0.4) is 0 Å². The van der Waals surface area contributed by atoms with Crippen LogP contribution in [0, 0.1) is 0 Å². The van der Waals surface area contributed by atoms with E-state index >= 15 is 0 Å². The van der Waals surface area contributed by atoms with Crippen LogP contribution in [0.2, 0.25) is 0 Å². The number of hydrogen-bond acceptors (Lipinski definition) is 5. The number of ether oxygens (including phenoxy) is 2. The van der Waals surface area contributed by atoms with Gasteiger partial charge in [0, 0.05) is 21.7 Å². The summed E-state index contributed by atoms with van der Waals surface area (Å²) in [4.78, 5) is 15.1. The first-order valence-corrected chi connectivity index (χ1v) is 7.79. The van der Waals surface area contributed by atoms with Crippen LogP contribution < -0.4 is 5.32 Å². The van der Waals surface area contributed by atoms with Crippen LogP contribution in [0.25, 0.3) is 10.4 Å². The topological polar surface area (TPSA) is 96.3 Å². The lowest BCUT2D eigenvalue weighted by molar-refractivity contribution is -0.147. The summed E-state index contributed by atoms with van der Waals surface area (Å²) in [5.74, 6) is -0.421. The number of rotatable bonds is 6. The summed E-state index contributed by atoms with van der Waals surface area (Å²) in [7, 11) is 0. The molecule has 8 heteroatoms. The Labute approximate surface area is 136 Å². The maximum atomic E-state index is 12.2. The average molecular weight is 369 g/mol. The first-order chi connectivity index (χ1) is 10.7. The maximum Gasteiger partial charge on any atom is 0.331 e. The van der Waals surface area contributed by atoms with Crippen LogP contribution in [0.5, 0.6) is 0 Å². The molecule has 0 radical (unpaired) electrons. The van der Waals surface area contributed by atoms with Crippen molar-refractivity contribution in [2.75, 3.05) is 18.5 Å². The second-order valence-corrected chi connectivity index (χ2v) is 5.69. The Bertz CT molecular complexity index is 560. The van der Waals surface area contributed by atoms with E-state index in [1.807, 2.05) is 24.3 Å². The number of esters is 1. The summed E-state index contributed by atoms with van der Waals surface area (Å²) in [6, 6.07) is 6.30. The summed E-state index contributed by atoms with van der Waals surface area (Å²) in [5.41, 5.74) is 9.41. The van der Waals surface area contributed by atoms with Crippen LogP contribution >= 0.6 is 15.9 Å². The van der Waals surface area contributed by atoms with E-state index in [9.17, 15) is 4.79 Å². The van der Waals surface area contributed by atoms with Crippen molar-refractivity contribution in [1.29, 1.82) is 0 Å². The van der Waals surface area contributed by atoms with Crippen molar-refractivity contribution in [2.45, 2.75) is 31.5 Å². The van der Waals surface area contributed by atoms with Gasteiger partial charge in [0.25, 0.3) is 0 Å². The first-order valence-electron chi connectivity index (χ1n) is 7.00. The van der Waals surface area contributed by atoms with E-state index in [2.05, 4.69) is 31.3 Å². The third-order valence-electron chi connectivity index (χ3n) is 3.34. The van der Waals surface area contributed by atoms with E-state index in [1.54, 1.807) is 6.92 Å². The molecular formula is C14H17BrN4O3. The summed E-state index contributed by atoms with van der Waals surface area (Å²) >= 11 is 3.36. The van der Waals surface area contributed by atoms with Crippen LogP contribution in [-0.2, 0) is 14.3 Å². The molecule has 0 spiro atoms. The molecule has 1 aliphatic heterocycles. The largest absolute Gasteiger partial charge is 0.464 e. The van der Waals surface area contributed by atoms with E-state index in [0.29, 0.717) is 13.0 Å². The second-order valence-electron chi connectivity index (χ2n) is 4.78. The summed E-state index contributed by atoms with van der Waals surface area (Å²) in [5, 5.41) is 6.84. The SMILES string of the molecule is CCOC(=O)C(Nc1ccc(Br)cc1)[C@@H]1OCC[C@H]1N=[N+]=[N-]. The van der Waals surface area contributed by atoms with Gasteiger partial charge in [0.1, 0.15) is 0 Å². The van der Waals surface area contributed by atoms with E-state index in [0.717, 1.165) is 10.2 Å². The van der Waals surface area contributed by atoms with Gasteiger partial charge in [0.2, 0.25) is 0 Å². The fourth-order valence-corrected chi connectivity index (χ4v) is 2.61. The number of nitrogens with zero attached hydrogens (tertiary/aromatic N) is 3. The second kappa shape index (κ2) is 8.03. The summed E-state index contributed by atoms with van der Waals surface area (Å²) < 4.78 is 11.7. The lowest BCUT2D eigenvalue weighted by Crippen LogP contribution is -2.46. The highest BCUT2D eigenvalue weighted by Gasteiger charge is 2.39. The van der Waals surface area contributed by atoms with Gasteiger partial charge in [-0.2, -0.15) is 0 Å². The van der Waals surface area contributed by atoms with E-state index < -0.39 is 18.1 Å². The van der Waals surface area contributed by atoms with Crippen molar-refractivity contribution >= 4 is 27.6 Å². The quantitative estimate of drug-likeness (QED) is 0.360. The van der Waals surface area contributed by atoms with Crippen molar-refractivity contribution < 1.29 is 14.3 Å². The Kier molecular flexibility index (Phi) is 6.06. The molecule has 2 rings (SSSR count). The first kappa shape index (κ1) is 16.6. The molecule has 0 amide bonds. The van der Waals surface area contributed by atoms with E-state index in [1.165, 1.54) is 0 Å². The van der Waals surface area contributed by atoms with Gasteiger partial charge < -0.3 is 14.8 Å². The molecular weight excluding hydrogens is 352 g/mol. The number of azide groups is 1. The number of carbonyl (C=O) groups excluding carboxylic acids is 1. The van der Waals surface area contributed by atoms with Gasteiger partial charge >= 0.3 is 5.97 Å². The highest BCUT2D eigenvalue weighted by atomic mass is 79.9. The van der Waals surface area contributed by atoms with Crippen LogP contribution in [0.15, 0.2) is 33.9 Å². The minimum absolute atomic E-state index is 0.274. The number of anilines is 1. The van der Waals surface area contributed by atoms with Crippen molar-refractivity contribution in [3.8, 4) is 0 Å². The predicted molar refractivity (Wildman–Crippen MR) is 85.5 cm³/mol. The molecule has 0 bridgehead atoms. The van der Waals surface area contributed by atoms with Crippen LogP contribution in [-0.4, -0.2) is 37.4 Å². The van der Waals surface area contributed by atoms with Crippen molar-refractivity contribution in [3.63, 3.8) is 0 Å². The standard InChI is InChI=1S/C14H17BrN4O3/c1-2-21-14(20)12(13-11(18-19-16)7-8-22-13)17-10-5-3-9(15)4-6-10/h3-6,11-13,17H,2,7-8H2,1H3/t11-,12?,13-/m1/s1. The number of benzene rings is 1. The molecule has 1 unspecified atom stereocenters. The average Bonchev–Trinajstić information content (AvgIpc) is 2.95. The zero-order chi connectivity index (χ0) is 15.9. The number of hydrogen-bond donors (Lipinski definition) is 1. The van der Waals surface area contributed by atoms with E-state index in [4.69, 9.17) is 15.0 Å².